The predicted octanol–water partition coefficient (Wildman–Crippen LogP) is 1.95. The molecule has 0 amide bonds. The summed E-state index contributed by atoms with van der Waals surface area (Å²) in [6.07, 6.45) is 0. The van der Waals surface area contributed by atoms with Crippen LogP contribution in [0.5, 0.6) is 0 Å². The number of H-pyrrole nitrogens is 1. The predicted molar refractivity (Wildman–Crippen MR) is 53.5 cm³/mol. The van der Waals surface area contributed by atoms with Crippen molar-refractivity contribution in [1.29, 1.82) is 0 Å². The molecule has 2 aromatic rings. The summed E-state index contributed by atoms with van der Waals surface area (Å²) in [7, 11) is 0. The first kappa shape index (κ1) is 8.99. The lowest BCUT2D eigenvalue weighted by atomic mass is 10.1. The van der Waals surface area contributed by atoms with Gasteiger partial charge in [0, 0.05) is 11.8 Å². The summed E-state index contributed by atoms with van der Waals surface area (Å²) < 4.78 is 5.01. The molecule has 0 aromatic carbocycles. The summed E-state index contributed by atoms with van der Waals surface area (Å²) in [6, 6.07) is 1.61. The second kappa shape index (κ2) is 2.97. The third-order valence-electron chi connectivity index (χ3n) is 2.28. The van der Waals surface area contributed by atoms with Crippen molar-refractivity contribution in [1.82, 2.24) is 10.1 Å². The summed E-state index contributed by atoms with van der Waals surface area (Å²) in [6.45, 7) is 5.79. The summed E-state index contributed by atoms with van der Waals surface area (Å²) in [5.74, 6) is 0.275. The number of nitrogens with one attached hydrogen (secondary N) is 1. The van der Waals surface area contributed by atoms with E-state index in [1.165, 1.54) is 0 Å². The van der Waals surface area contributed by atoms with Gasteiger partial charge in [-0.15, -0.1) is 0 Å². The quantitative estimate of drug-likeness (QED) is 0.751. The fourth-order valence-electron chi connectivity index (χ4n) is 1.44. The second-order valence-corrected chi connectivity index (χ2v) is 3.72. The SMILES string of the molecule is Cc1noc2[nH]c(C(C)C)cc(=O)c12. The number of aryl methyl sites for hydroxylation is 1. The highest BCUT2D eigenvalue weighted by Crippen LogP contribution is 2.15. The molecule has 0 saturated carbocycles. The Balaban J connectivity index is 2.81. The Bertz CT molecular complexity index is 522. The van der Waals surface area contributed by atoms with Crippen LogP contribution in [-0.2, 0) is 0 Å². The molecule has 4 heteroatoms. The van der Waals surface area contributed by atoms with E-state index in [-0.39, 0.29) is 11.3 Å². The van der Waals surface area contributed by atoms with Gasteiger partial charge in [-0.3, -0.25) is 4.79 Å². The van der Waals surface area contributed by atoms with E-state index in [1.54, 1.807) is 13.0 Å². The fourth-order valence-corrected chi connectivity index (χ4v) is 1.44. The van der Waals surface area contributed by atoms with E-state index in [0.717, 1.165) is 5.69 Å². The van der Waals surface area contributed by atoms with Crippen LogP contribution in [0, 0.1) is 6.92 Å². The van der Waals surface area contributed by atoms with Crippen LogP contribution in [0.15, 0.2) is 15.4 Å². The molecule has 0 fully saturated rings. The number of fused-ring (bicyclic) bond motifs is 1. The summed E-state index contributed by atoms with van der Waals surface area (Å²) in [5.41, 5.74) is 1.95. The van der Waals surface area contributed by atoms with Crippen molar-refractivity contribution in [2.45, 2.75) is 26.7 Å². The van der Waals surface area contributed by atoms with Crippen molar-refractivity contribution < 1.29 is 4.52 Å². The smallest absolute Gasteiger partial charge is 0.240 e. The van der Waals surface area contributed by atoms with E-state index < -0.39 is 0 Å². The Hall–Kier alpha value is -1.58. The van der Waals surface area contributed by atoms with E-state index in [1.807, 2.05) is 13.8 Å². The minimum absolute atomic E-state index is 0.0267. The third kappa shape index (κ3) is 1.23. The van der Waals surface area contributed by atoms with E-state index in [0.29, 0.717) is 16.8 Å². The molecule has 2 rings (SSSR count). The maximum absolute atomic E-state index is 11.7. The van der Waals surface area contributed by atoms with E-state index in [9.17, 15) is 4.79 Å². The highest BCUT2D eigenvalue weighted by atomic mass is 16.5. The average molecular weight is 192 g/mol. The van der Waals surface area contributed by atoms with Crippen molar-refractivity contribution in [3.05, 3.63) is 27.7 Å². The number of hydrogen-bond donors (Lipinski definition) is 1. The van der Waals surface area contributed by atoms with Gasteiger partial charge in [-0.2, -0.15) is 0 Å². The minimum atomic E-state index is -0.0267. The summed E-state index contributed by atoms with van der Waals surface area (Å²) in [4.78, 5) is 14.7. The largest absolute Gasteiger partial charge is 0.337 e. The summed E-state index contributed by atoms with van der Waals surface area (Å²) >= 11 is 0. The highest BCUT2D eigenvalue weighted by Gasteiger charge is 2.11. The first-order valence-electron chi connectivity index (χ1n) is 4.59. The normalized spacial score (nSPS) is 11.4. The molecule has 0 saturated heterocycles. The Morgan fingerprint density at radius 3 is 2.86 bits per heavy atom. The van der Waals surface area contributed by atoms with Gasteiger partial charge in [0.05, 0.1) is 5.69 Å². The van der Waals surface area contributed by atoms with E-state index in [2.05, 4.69) is 10.1 Å². The summed E-state index contributed by atoms with van der Waals surface area (Å²) in [5, 5.41) is 4.30. The lowest BCUT2D eigenvalue weighted by Crippen LogP contribution is -2.05. The first-order valence-corrected chi connectivity index (χ1v) is 4.59. The number of aromatic amines is 1. The van der Waals surface area contributed by atoms with Crippen LogP contribution in [0.2, 0.25) is 0 Å². The maximum atomic E-state index is 11.7. The molecule has 0 atom stereocenters. The van der Waals surface area contributed by atoms with Gasteiger partial charge >= 0.3 is 0 Å². The van der Waals surface area contributed by atoms with Crippen molar-refractivity contribution in [3.63, 3.8) is 0 Å². The molecule has 0 aliphatic rings. The molecule has 0 aliphatic carbocycles. The average Bonchev–Trinajstić information content (AvgIpc) is 2.48. The standard InChI is InChI=1S/C10H12N2O2/c1-5(2)7-4-8(13)9-6(3)12-14-10(9)11-7/h4-5H,1-3H3,(H,11,13). The first-order chi connectivity index (χ1) is 6.59. The Labute approximate surface area is 80.9 Å². The number of rotatable bonds is 1. The van der Waals surface area contributed by atoms with Crippen LogP contribution in [0.3, 0.4) is 0 Å². The molecule has 74 valence electrons. The molecular weight excluding hydrogens is 180 g/mol. The molecule has 4 nitrogen and oxygen atoms in total. The van der Waals surface area contributed by atoms with Crippen LogP contribution >= 0.6 is 0 Å². The molecule has 2 heterocycles. The Morgan fingerprint density at radius 2 is 2.21 bits per heavy atom. The zero-order valence-electron chi connectivity index (χ0n) is 8.42. The monoisotopic (exact) mass is 192 g/mol. The van der Waals surface area contributed by atoms with Crippen LogP contribution in [0.1, 0.15) is 31.2 Å². The molecule has 1 N–H and O–H groups in total. The zero-order chi connectivity index (χ0) is 10.3. The molecule has 0 aliphatic heterocycles. The minimum Gasteiger partial charge on any atom is -0.337 e. The number of hydrogen-bond acceptors (Lipinski definition) is 3. The van der Waals surface area contributed by atoms with Gasteiger partial charge in [-0.1, -0.05) is 19.0 Å². The van der Waals surface area contributed by atoms with Crippen molar-refractivity contribution in [2.24, 2.45) is 0 Å². The van der Waals surface area contributed by atoms with Gasteiger partial charge in [-0.05, 0) is 12.8 Å². The van der Waals surface area contributed by atoms with Crippen molar-refractivity contribution in [2.75, 3.05) is 0 Å². The van der Waals surface area contributed by atoms with Crippen molar-refractivity contribution >= 4 is 11.1 Å². The molecule has 0 bridgehead atoms. The number of aromatic nitrogens is 2. The van der Waals surface area contributed by atoms with Gasteiger partial charge in [0.15, 0.2) is 5.43 Å². The van der Waals surface area contributed by atoms with Gasteiger partial charge in [0.1, 0.15) is 5.39 Å². The lowest BCUT2D eigenvalue weighted by Gasteiger charge is -2.03. The number of nitrogens with zero attached hydrogens (tertiary/aromatic N) is 1. The lowest BCUT2D eigenvalue weighted by molar-refractivity contribution is 0.441. The van der Waals surface area contributed by atoms with Gasteiger partial charge < -0.3 is 9.51 Å². The van der Waals surface area contributed by atoms with Gasteiger partial charge in [0.2, 0.25) is 5.71 Å². The van der Waals surface area contributed by atoms with Crippen LogP contribution in [0.4, 0.5) is 0 Å². The molecule has 2 aromatic heterocycles. The highest BCUT2D eigenvalue weighted by molar-refractivity contribution is 5.75. The van der Waals surface area contributed by atoms with Gasteiger partial charge in [-0.25, -0.2) is 0 Å². The molecule has 0 unspecified atom stereocenters. The van der Waals surface area contributed by atoms with Crippen molar-refractivity contribution in [3.8, 4) is 0 Å². The van der Waals surface area contributed by atoms with E-state index >= 15 is 0 Å². The Kier molecular flexibility index (Phi) is 1.91. The molecule has 0 radical (unpaired) electrons. The second-order valence-electron chi connectivity index (χ2n) is 3.72. The van der Waals surface area contributed by atoms with Crippen LogP contribution < -0.4 is 5.43 Å². The van der Waals surface area contributed by atoms with E-state index in [4.69, 9.17) is 4.52 Å². The molecular formula is C10H12N2O2. The molecule has 0 spiro atoms. The topological polar surface area (TPSA) is 58.9 Å². The Morgan fingerprint density at radius 1 is 1.50 bits per heavy atom. The third-order valence-corrected chi connectivity index (χ3v) is 2.28. The van der Waals surface area contributed by atoms with Crippen LogP contribution in [0.25, 0.3) is 11.1 Å². The fraction of sp³-hybridized carbons (Fsp3) is 0.400. The zero-order valence-corrected chi connectivity index (χ0v) is 8.42. The van der Waals surface area contributed by atoms with Crippen LogP contribution in [-0.4, -0.2) is 10.1 Å². The molecule has 14 heavy (non-hydrogen) atoms. The maximum Gasteiger partial charge on any atom is 0.240 e. The van der Waals surface area contributed by atoms with Gasteiger partial charge in [0.25, 0.3) is 0 Å². The number of pyridine rings is 1.